The lowest BCUT2D eigenvalue weighted by atomic mass is 9.79. The fourth-order valence-electron chi connectivity index (χ4n) is 6.54. The fourth-order valence-corrected chi connectivity index (χ4v) is 9.90. The van der Waals surface area contributed by atoms with E-state index < -0.39 is 62.5 Å². The molecule has 1 aliphatic rings. The number of carboxylic acids is 1. The summed E-state index contributed by atoms with van der Waals surface area (Å²) >= 11 is 1.36. The molecule has 0 radical (unpaired) electrons. The second-order valence-corrected chi connectivity index (χ2v) is 17.5. The van der Waals surface area contributed by atoms with Crippen LogP contribution < -0.4 is 20.3 Å². The molecule has 0 saturated carbocycles. The lowest BCUT2D eigenvalue weighted by molar-refractivity contribution is -0.141. The number of carbonyl (C=O) groups excluding carboxylic acids is 2. The molecule has 52 heavy (non-hydrogen) atoms. The SMILES string of the molecule is CCCCC1(CCCC)CN(c2ccccc2)c2cc(SC)c(OCC(=O)NC(C(=O)N[C@@H](C[S@@](C)=O)C(=O)O)c3ccccc3)cc2S(=O)(=O)C1. The number of para-hydroxylation sites is 1. The second kappa shape index (κ2) is 18.7. The average molecular weight is 772 g/mol. The third-order valence-electron chi connectivity index (χ3n) is 9.13. The molecule has 1 heterocycles. The van der Waals surface area contributed by atoms with Crippen LogP contribution in [0.25, 0.3) is 0 Å². The van der Waals surface area contributed by atoms with E-state index in [-0.39, 0.29) is 22.2 Å². The van der Waals surface area contributed by atoms with Crippen molar-refractivity contribution in [1.29, 1.82) is 0 Å². The van der Waals surface area contributed by atoms with Crippen molar-refractivity contribution in [1.82, 2.24) is 10.6 Å². The molecule has 282 valence electrons. The van der Waals surface area contributed by atoms with Gasteiger partial charge in [-0.25, -0.2) is 13.2 Å². The van der Waals surface area contributed by atoms with Crippen molar-refractivity contribution in [2.24, 2.45) is 5.41 Å². The van der Waals surface area contributed by atoms with Crippen molar-refractivity contribution in [3.8, 4) is 5.75 Å². The number of nitrogens with one attached hydrogen (secondary N) is 2. The number of aliphatic carboxylic acids is 1. The van der Waals surface area contributed by atoms with Gasteiger partial charge >= 0.3 is 5.97 Å². The van der Waals surface area contributed by atoms with Crippen molar-refractivity contribution in [3.05, 3.63) is 78.4 Å². The van der Waals surface area contributed by atoms with Crippen LogP contribution in [0.4, 0.5) is 11.4 Å². The zero-order valence-corrected chi connectivity index (χ0v) is 32.6. The molecule has 0 saturated heterocycles. The number of benzene rings is 3. The van der Waals surface area contributed by atoms with Crippen LogP contribution in [0.2, 0.25) is 0 Å². The number of unbranched alkanes of at least 4 members (excludes halogenated alkanes) is 2. The van der Waals surface area contributed by atoms with Crippen LogP contribution in [0.5, 0.6) is 5.75 Å². The van der Waals surface area contributed by atoms with Gasteiger partial charge < -0.3 is 25.4 Å². The number of hydrogen-bond donors (Lipinski definition) is 3. The Hall–Kier alpha value is -3.88. The minimum Gasteiger partial charge on any atom is -0.483 e. The zero-order valence-electron chi connectivity index (χ0n) is 30.1. The van der Waals surface area contributed by atoms with Gasteiger partial charge in [-0.2, -0.15) is 0 Å². The Morgan fingerprint density at radius 2 is 1.60 bits per heavy atom. The number of nitrogens with zero attached hydrogens (tertiary/aromatic N) is 1. The Labute approximate surface area is 313 Å². The van der Waals surface area contributed by atoms with Gasteiger partial charge in [0.1, 0.15) is 17.8 Å². The summed E-state index contributed by atoms with van der Waals surface area (Å²) in [5.41, 5.74) is 1.37. The highest BCUT2D eigenvalue weighted by Gasteiger charge is 2.42. The number of amides is 2. The Morgan fingerprint density at radius 3 is 2.15 bits per heavy atom. The highest BCUT2D eigenvalue weighted by Crippen LogP contribution is 2.47. The number of sulfone groups is 1. The standard InChI is InChI=1S/C38H49N3O8S3/c1-5-7-19-38(20-8-6-2)25-41(28-17-13-10-14-18-28)30-21-32(50-3)31(22-33(30)52(47,48)26-38)49-23-34(42)40-35(27-15-11-9-12-16-27)36(43)39-29(37(44)45)24-51(4)46/h9-18,21-22,29,35H,5-8,19-20,23-26H2,1-4H3,(H,39,43)(H,40,42)(H,44,45)/t29-,35?,51+/m0/s1. The molecule has 3 aromatic rings. The van der Waals surface area contributed by atoms with Crippen LogP contribution in [0, 0.1) is 5.41 Å². The molecule has 0 aromatic heterocycles. The number of ether oxygens (including phenoxy) is 1. The summed E-state index contributed by atoms with van der Waals surface area (Å²) in [4.78, 5) is 41.4. The summed E-state index contributed by atoms with van der Waals surface area (Å²) in [5, 5.41) is 14.6. The summed E-state index contributed by atoms with van der Waals surface area (Å²) in [6, 6.07) is 18.7. The molecule has 0 aliphatic carbocycles. The van der Waals surface area contributed by atoms with E-state index in [2.05, 4.69) is 29.4 Å². The van der Waals surface area contributed by atoms with Crippen molar-refractivity contribution < 1.29 is 36.9 Å². The topological polar surface area (TPSA) is 159 Å². The van der Waals surface area contributed by atoms with Gasteiger partial charge in [-0.05, 0) is 42.9 Å². The molecule has 0 bridgehead atoms. The highest BCUT2D eigenvalue weighted by molar-refractivity contribution is 7.98. The summed E-state index contributed by atoms with van der Waals surface area (Å²) in [6.45, 7) is 4.22. The number of anilines is 2. The second-order valence-electron chi connectivity index (χ2n) is 13.2. The lowest BCUT2D eigenvalue weighted by Crippen LogP contribution is -2.49. The van der Waals surface area contributed by atoms with E-state index in [9.17, 15) is 32.1 Å². The molecule has 1 unspecified atom stereocenters. The van der Waals surface area contributed by atoms with Gasteiger partial charge in [0.05, 0.1) is 27.0 Å². The number of carboxylic acid groups (broad SMARTS) is 1. The summed E-state index contributed by atoms with van der Waals surface area (Å²) in [6.07, 6.45) is 8.46. The molecule has 0 fully saturated rings. The Kier molecular flexibility index (Phi) is 14.7. The van der Waals surface area contributed by atoms with Gasteiger partial charge in [-0.1, -0.05) is 88.1 Å². The molecule has 4 rings (SSSR count). The molecule has 2 amide bonds. The Morgan fingerprint density at radius 1 is 0.981 bits per heavy atom. The van der Waals surface area contributed by atoms with Gasteiger partial charge in [-0.3, -0.25) is 13.8 Å². The van der Waals surface area contributed by atoms with Crippen molar-refractivity contribution in [3.63, 3.8) is 0 Å². The van der Waals surface area contributed by atoms with E-state index in [0.29, 0.717) is 22.7 Å². The number of thioether (sulfide) groups is 1. The van der Waals surface area contributed by atoms with Crippen molar-refractivity contribution >= 4 is 61.6 Å². The number of fused-ring (bicyclic) bond motifs is 1. The van der Waals surface area contributed by atoms with Gasteiger partial charge in [0, 0.05) is 40.8 Å². The van der Waals surface area contributed by atoms with E-state index in [4.69, 9.17) is 4.74 Å². The predicted octanol–water partition coefficient (Wildman–Crippen LogP) is 5.88. The molecular weight excluding hydrogens is 723 g/mol. The smallest absolute Gasteiger partial charge is 0.327 e. The average Bonchev–Trinajstić information content (AvgIpc) is 3.22. The molecule has 1 aliphatic heterocycles. The van der Waals surface area contributed by atoms with E-state index in [0.717, 1.165) is 44.2 Å². The van der Waals surface area contributed by atoms with Gasteiger partial charge in [0.2, 0.25) is 5.91 Å². The Balaban J connectivity index is 1.67. The summed E-state index contributed by atoms with van der Waals surface area (Å²) in [5.74, 6) is -2.95. The third-order valence-corrected chi connectivity index (χ3v) is 12.7. The summed E-state index contributed by atoms with van der Waals surface area (Å²) in [7, 11) is -5.33. The first-order chi connectivity index (χ1) is 24.8. The van der Waals surface area contributed by atoms with Crippen LogP contribution in [0.15, 0.2) is 82.6 Å². The maximum Gasteiger partial charge on any atom is 0.327 e. The zero-order chi connectivity index (χ0) is 37.9. The molecule has 14 heteroatoms. The highest BCUT2D eigenvalue weighted by atomic mass is 32.2. The van der Waals surface area contributed by atoms with E-state index in [1.54, 1.807) is 30.3 Å². The van der Waals surface area contributed by atoms with Crippen LogP contribution in [0.1, 0.15) is 64.0 Å². The first-order valence-corrected chi connectivity index (χ1v) is 22.0. The van der Waals surface area contributed by atoms with Crippen LogP contribution >= 0.6 is 11.8 Å². The fraction of sp³-hybridized carbons (Fsp3) is 0.447. The van der Waals surface area contributed by atoms with E-state index in [1.807, 2.05) is 42.7 Å². The Bertz CT molecular complexity index is 1820. The minimum absolute atomic E-state index is 0.00824. The first kappa shape index (κ1) is 40.9. The predicted molar refractivity (Wildman–Crippen MR) is 207 cm³/mol. The van der Waals surface area contributed by atoms with E-state index in [1.165, 1.54) is 24.1 Å². The van der Waals surface area contributed by atoms with Gasteiger partial charge in [0.25, 0.3) is 5.91 Å². The monoisotopic (exact) mass is 771 g/mol. The maximum atomic E-state index is 14.4. The molecular formula is C38H49N3O8S3. The molecule has 3 atom stereocenters. The van der Waals surface area contributed by atoms with Crippen LogP contribution in [0.3, 0.4) is 0 Å². The minimum atomic E-state index is -3.82. The van der Waals surface area contributed by atoms with Gasteiger partial charge in [0.15, 0.2) is 16.4 Å². The van der Waals surface area contributed by atoms with Crippen molar-refractivity contribution in [2.45, 2.75) is 74.2 Å². The maximum absolute atomic E-state index is 14.4. The molecule has 3 N–H and O–H groups in total. The van der Waals surface area contributed by atoms with E-state index >= 15 is 0 Å². The largest absolute Gasteiger partial charge is 0.483 e. The molecule has 3 aromatic carbocycles. The number of carbonyl (C=O) groups is 3. The molecule has 11 nitrogen and oxygen atoms in total. The molecule has 0 spiro atoms. The summed E-state index contributed by atoms with van der Waals surface area (Å²) < 4.78 is 46.6. The lowest BCUT2D eigenvalue weighted by Gasteiger charge is -2.37. The first-order valence-electron chi connectivity index (χ1n) is 17.4. The third kappa shape index (κ3) is 10.6. The van der Waals surface area contributed by atoms with Crippen LogP contribution in [-0.4, -0.2) is 78.7 Å². The van der Waals surface area contributed by atoms with Crippen molar-refractivity contribution in [2.75, 3.05) is 42.1 Å². The quantitative estimate of drug-likeness (QED) is 0.133. The van der Waals surface area contributed by atoms with Crippen LogP contribution in [-0.2, 0) is 35.0 Å². The number of rotatable bonds is 18. The number of hydrogen-bond acceptors (Lipinski definition) is 9. The normalized spacial score (nSPS) is 16.4. The van der Waals surface area contributed by atoms with Gasteiger partial charge in [-0.15, -0.1) is 11.8 Å².